The van der Waals surface area contributed by atoms with Gasteiger partial charge in [-0.25, -0.2) is 0 Å². The van der Waals surface area contributed by atoms with Crippen LogP contribution in [0.5, 0.6) is 0 Å². The second-order valence-electron chi connectivity index (χ2n) is 32.0. The summed E-state index contributed by atoms with van der Waals surface area (Å²) < 4.78 is 6.58. The summed E-state index contributed by atoms with van der Waals surface area (Å²) in [6.45, 7) is 9.50. The van der Waals surface area contributed by atoms with Gasteiger partial charge in [0.25, 0.3) is 0 Å². The number of hydrogen-bond acceptors (Lipinski definition) is 1. The van der Waals surface area contributed by atoms with Crippen molar-refractivity contribution in [3.63, 3.8) is 0 Å². The molecule has 1 heteroatoms. The van der Waals surface area contributed by atoms with Crippen molar-refractivity contribution in [2.75, 3.05) is 0 Å². The van der Waals surface area contributed by atoms with Gasteiger partial charge in [0.2, 0.25) is 0 Å². The molecule has 1 aromatic heterocycles. The largest absolute Gasteiger partial charge is 0.455 e. The van der Waals surface area contributed by atoms with E-state index in [0.29, 0.717) is 0 Å². The van der Waals surface area contributed by atoms with Crippen LogP contribution in [-0.2, 0) is 10.8 Å². The Balaban J connectivity index is 0.000000138. The lowest BCUT2D eigenvalue weighted by molar-refractivity contribution is 0.666. The van der Waals surface area contributed by atoms with Gasteiger partial charge in [0.05, 0.1) is 0 Å². The first-order valence-electron chi connectivity index (χ1n) is 39.6. The van der Waals surface area contributed by atoms with E-state index in [1.807, 2.05) is 6.07 Å². The first-order valence-corrected chi connectivity index (χ1v) is 39.6. The van der Waals surface area contributed by atoms with Crippen LogP contribution >= 0.6 is 0 Å². The van der Waals surface area contributed by atoms with Gasteiger partial charge in [-0.3, -0.25) is 0 Å². The molecule has 0 radical (unpaired) electrons. The van der Waals surface area contributed by atoms with Crippen molar-refractivity contribution in [1.29, 1.82) is 0 Å². The average molecular weight is 1440 g/mol. The quantitative estimate of drug-likeness (QED) is 0.138. The van der Waals surface area contributed by atoms with Crippen LogP contribution in [0.3, 0.4) is 0 Å². The molecule has 2 aliphatic rings. The maximum atomic E-state index is 6.58. The van der Waals surface area contributed by atoms with Crippen LogP contribution in [0.4, 0.5) is 0 Å². The number of furan rings is 1. The molecule has 0 fully saturated rings. The molecule has 0 spiro atoms. The van der Waals surface area contributed by atoms with Crippen LogP contribution in [0, 0.1) is 0 Å². The highest BCUT2D eigenvalue weighted by molar-refractivity contribution is 6.24. The standard InChI is InChI=1S/C57H38O.C55H38/c1-57(2)51-33-31-38(34-50(51)47-32-30-36-14-3-4-15-39(36)55(47)57)35-26-28-37(29-27-35)53-43-19-7-9-21-45(43)54(46-22-10-8-20-44(46)53)42-18-6-5-16-40(42)48-23-13-24-49-41-17-11-12-25-52(41)58-56(48)49;1-55(2)51-33-31-41(34-50(51)49-32-30-37-13-4-6-16-44(37)54(49)55)35-22-26-39(27-23-35)52-45-17-7-9-19-47(45)53(48-20-10-8-18-46(48)52)40-28-24-38(25-29-40)43-21-11-14-36-12-3-5-15-42(36)43/h3-34H,1-2H3;3-34H,1-2H3. The topological polar surface area (TPSA) is 13.1 Å². The lowest BCUT2D eigenvalue weighted by Gasteiger charge is -2.23. The Kier molecular flexibility index (Phi) is 15.1. The summed E-state index contributed by atoms with van der Waals surface area (Å²) in [7, 11) is 0. The van der Waals surface area contributed by atoms with E-state index in [1.165, 1.54) is 198 Å². The van der Waals surface area contributed by atoms with Crippen molar-refractivity contribution < 1.29 is 4.42 Å². The van der Waals surface area contributed by atoms with E-state index in [-0.39, 0.29) is 10.8 Å². The van der Waals surface area contributed by atoms with E-state index in [1.54, 1.807) is 0 Å². The number of para-hydroxylation sites is 2. The molecular weight excluding hydrogens is 1360 g/mol. The molecule has 21 aromatic rings. The highest BCUT2D eigenvalue weighted by Gasteiger charge is 2.39. The number of fused-ring (bicyclic) bond motifs is 18. The summed E-state index contributed by atoms with van der Waals surface area (Å²) >= 11 is 0. The number of rotatable bonds is 8. The van der Waals surface area contributed by atoms with Gasteiger partial charge in [-0.2, -0.15) is 0 Å². The molecule has 0 saturated carbocycles. The van der Waals surface area contributed by atoms with Crippen LogP contribution < -0.4 is 0 Å². The minimum absolute atomic E-state index is 0.0545. The molecule has 1 nitrogen and oxygen atoms in total. The van der Waals surface area contributed by atoms with Gasteiger partial charge >= 0.3 is 0 Å². The van der Waals surface area contributed by atoms with Gasteiger partial charge < -0.3 is 4.42 Å². The molecule has 0 amide bonds. The summed E-state index contributed by atoms with van der Waals surface area (Å²) in [5, 5.41) is 20.2. The van der Waals surface area contributed by atoms with E-state index in [9.17, 15) is 0 Å². The molecule has 0 saturated heterocycles. The van der Waals surface area contributed by atoms with Gasteiger partial charge in [-0.05, 0) is 222 Å². The van der Waals surface area contributed by atoms with Crippen LogP contribution in [0.2, 0.25) is 0 Å². The van der Waals surface area contributed by atoms with E-state index in [4.69, 9.17) is 4.42 Å². The fraction of sp³-hybridized carbons (Fsp3) is 0.0536. The van der Waals surface area contributed by atoms with E-state index >= 15 is 0 Å². The number of hydrogen-bond donors (Lipinski definition) is 0. The molecule has 0 bridgehead atoms. The molecule has 20 aromatic carbocycles. The molecule has 0 unspecified atom stereocenters. The lowest BCUT2D eigenvalue weighted by atomic mass is 9.80. The third-order valence-corrected chi connectivity index (χ3v) is 25.1. The predicted molar refractivity (Wildman–Crippen MR) is 481 cm³/mol. The van der Waals surface area contributed by atoms with Crippen molar-refractivity contribution in [2.45, 2.75) is 38.5 Å². The summed E-state index contributed by atoms with van der Waals surface area (Å²) in [6, 6.07) is 143. The Bertz CT molecular complexity index is 7390. The lowest BCUT2D eigenvalue weighted by Crippen LogP contribution is -2.15. The molecule has 2 aliphatic carbocycles. The summed E-state index contributed by atoms with van der Waals surface area (Å²) in [5.41, 5.74) is 32.4. The molecule has 1 heterocycles. The zero-order chi connectivity index (χ0) is 75.2. The normalized spacial score (nSPS) is 13.1. The first-order chi connectivity index (χ1) is 55.6. The molecule has 0 N–H and O–H groups in total. The Labute approximate surface area is 657 Å². The fourth-order valence-corrected chi connectivity index (χ4v) is 19.9. The van der Waals surface area contributed by atoms with E-state index in [2.05, 4.69) is 410 Å². The summed E-state index contributed by atoms with van der Waals surface area (Å²) in [4.78, 5) is 0. The summed E-state index contributed by atoms with van der Waals surface area (Å²) in [6.07, 6.45) is 0. The van der Waals surface area contributed by atoms with Gasteiger partial charge in [0.1, 0.15) is 11.2 Å². The Morgan fingerprint density at radius 2 is 0.487 bits per heavy atom. The molecule has 113 heavy (non-hydrogen) atoms. The molecule has 23 rings (SSSR count). The average Bonchev–Trinajstić information content (AvgIpc) is 1.50. The van der Waals surface area contributed by atoms with Gasteiger partial charge in [0, 0.05) is 27.2 Å². The fourth-order valence-electron chi connectivity index (χ4n) is 19.9. The van der Waals surface area contributed by atoms with E-state index < -0.39 is 0 Å². The van der Waals surface area contributed by atoms with Crippen LogP contribution in [0.15, 0.2) is 393 Å². The van der Waals surface area contributed by atoms with Gasteiger partial charge in [-0.15, -0.1) is 0 Å². The predicted octanol–water partition coefficient (Wildman–Crippen LogP) is 31.3. The maximum absolute atomic E-state index is 6.58. The smallest absolute Gasteiger partial charge is 0.143 e. The second-order valence-corrected chi connectivity index (χ2v) is 32.0. The van der Waals surface area contributed by atoms with Crippen molar-refractivity contribution in [3.05, 3.63) is 411 Å². The highest BCUT2D eigenvalue weighted by atomic mass is 16.3. The zero-order valence-electron chi connectivity index (χ0n) is 63.4. The van der Waals surface area contributed by atoms with Crippen molar-refractivity contribution in [1.82, 2.24) is 0 Å². The maximum Gasteiger partial charge on any atom is 0.143 e. The van der Waals surface area contributed by atoms with Crippen molar-refractivity contribution in [3.8, 4) is 111 Å². The minimum atomic E-state index is -0.0660. The highest BCUT2D eigenvalue weighted by Crippen LogP contribution is 2.56. The molecule has 0 atom stereocenters. The van der Waals surface area contributed by atoms with E-state index in [0.717, 1.165) is 33.1 Å². The Morgan fingerprint density at radius 3 is 0.947 bits per heavy atom. The third kappa shape index (κ3) is 10.4. The Hall–Kier alpha value is -14.0. The first kappa shape index (κ1) is 66.0. The van der Waals surface area contributed by atoms with Crippen LogP contribution in [0.25, 0.3) is 209 Å². The zero-order valence-corrected chi connectivity index (χ0v) is 63.4. The molecule has 0 aliphatic heterocycles. The summed E-state index contributed by atoms with van der Waals surface area (Å²) in [5.74, 6) is 0. The molecular formula is C112H76O. The van der Waals surface area contributed by atoms with Crippen LogP contribution in [-0.4, -0.2) is 0 Å². The second kappa shape index (κ2) is 25.8. The SMILES string of the molecule is CC1(C)c2ccc(-c3ccc(-c4c5ccccc5c(-c5ccc(-c6cccc7ccccc67)cc5)c5ccccc45)cc3)cc2-c2ccc3ccccc3c21.CC1(C)c2ccc(-c3ccc(-c4c5ccccc5c(-c5ccccc5-c5cccc6c5oc5ccccc56)c5ccccc45)cc3)cc2-c2ccc3ccccc3c21. The monoisotopic (exact) mass is 1440 g/mol. The molecule has 530 valence electrons. The Morgan fingerprint density at radius 1 is 0.177 bits per heavy atom. The number of benzene rings is 20. The van der Waals surface area contributed by atoms with Crippen molar-refractivity contribution in [2.24, 2.45) is 0 Å². The third-order valence-electron chi connectivity index (χ3n) is 25.1. The van der Waals surface area contributed by atoms with Crippen LogP contribution in [0.1, 0.15) is 49.9 Å². The van der Waals surface area contributed by atoms with Crippen molar-refractivity contribution >= 4 is 97.3 Å². The minimum Gasteiger partial charge on any atom is -0.455 e. The van der Waals surface area contributed by atoms with Gasteiger partial charge in [0.15, 0.2) is 0 Å². The van der Waals surface area contributed by atoms with Gasteiger partial charge in [-0.1, -0.05) is 398 Å².